The van der Waals surface area contributed by atoms with Gasteiger partial charge in [0, 0.05) is 6.54 Å². The molecular formula is C13H18N4O2S2. The van der Waals surface area contributed by atoms with Crippen LogP contribution in [0, 0.1) is 0 Å². The number of hydrogen-bond acceptors (Lipinski definition) is 7. The minimum Gasteiger partial charge on any atom is -0.467 e. The summed E-state index contributed by atoms with van der Waals surface area (Å²) in [6, 6.07) is 3.73. The Hall–Kier alpha value is -1.54. The van der Waals surface area contributed by atoms with Crippen LogP contribution in [0.5, 0.6) is 0 Å². The van der Waals surface area contributed by atoms with Crippen LogP contribution in [-0.4, -0.2) is 27.9 Å². The molecule has 1 atom stereocenters. The largest absolute Gasteiger partial charge is 0.467 e. The van der Waals surface area contributed by atoms with E-state index in [1.807, 2.05) is 26.0 Å². The van der Waals surface area contributed by atoms with Crippen LogP contribution < -0.4 is 10.6 Å². The first-order valence-electron chi connectivity index (χ1n) is 6.73. The van der Waals surface area contributed by atoms with E-state index < -0.39 is 0 Å². The first-order chi connectivity index (χ1) is 10.2. The highest BCUT2D eigenvalue weighted by Gasteiger charge is 2.16. The van der Waals surface area contributed by atoms with Gasteiger partial charge >= 0.3 is 0 Å². The molecule has 114 valence electrons. The predicted molar refractivity (Wildman–Crippen MR) is 84.6 cm³/mol. The third-order valence-corrected chi connectivity index (χ3v) is 4.66. The van der Waals surface area contributed by atoms with Crippen molar-refractivity contribution in [2.24, 2.45) is 0 Å². The number of hydrogen-bond donors (Lipinski definition) is 2. The van der Waals surface area contributed by atoms with Gasteiger partial charge in [0.1, 0.15) is 5.76 Å². The summed E-state index contributed by atoms with van der Waals surface area (Å²) in [6.45, 7) is 5.17. The minimum absolute atomic E-state index is 0.0298. The zero-order chi connectivity index (χ0) is 15.1. The molecule has 1 amide bonds. The summed E-state index contributed by atoms with van der Waals surface area (Å²) < 4.78 is 6.01. The molecule has 0 fully saturated rings. The van der Waals surface area contributed by atoms with Gasteiger partial charge in [-0.15, -0.1) is 10.2 Å². The van der Waals surface area contributed by atoms with Crippen molar-refractivity contribution in [3.8, 4) is 0 Å². The fraction of sp³-hybridized carbons (Fsp3) is 0.462. The Morgan fingerprint density at radius 3 is 3.10 bits per heavy atom. The Morgan fingerprint density at radius 1 is 1.52 bits per heavy atom. The molecule has 0 aliphatic carbocycles. The number of thioether (sulfide) groups is 1. The van der Waals surface area contributed by atoms with E-state index in [9.17, 15) is 4.79 Å². The topological polar surface area (TPSA) is 80.0 Å². The first kappa shape index (κ1) is 15.8. The van der Waals surface area contributed by atoms with Crippen molar-refractivity contribution in [2.45, 2.75) is 36.4 Å². The van der Waals surface area contributed by atoms with Crippen molar-refractivity contribution >= 4 is 34.1 Å². The van der Waals surface area contributed by atoms with Gasteiger partial charge in [-0.05, 0) is 25.5 Å². The van der Waals surface area contributed by atoms with E-state index in [2.05, 4.69) is 20.8 Å². The highest BCUT2D eigenvalue weighted by Crippen LogP contribution is 2.29. The molecule has 0 saturated heterocycles. The number of amides is 1. The third-order valence-electron chi connectivity index (χ3n) is 2.60. The number of aromatic nitrogens is 2. The number of carbonyl (C=O) groups is 1. The Kier molecular flexibility index (Phi) is 6.06. The number of nitrogens with one attached hydrogen (secondary N) is 2. The molecule has 0 spiro atoms. The number of rotatable bonds is 8. The minimum atomic E-state index is -0.178. The Bertz CT molecular complexity index is 556. The predicted octanol–water partition coefficient (Wildman–Crippen LogP) is 2.75. The maximum Gasteiger partial charge on any atom is 0.233 e. The van der Waals surface area contributed by atoms with E-state index >= 15 is 0 Å². The molecule has 21 heavy (non-hydrogen) atoms. The third kappa shape index (κ3) is 5.05. The summed E-state index contributed by atoms with van der Waals surface area (Å²) in [6.07, 6.45) is 2.57. The second-order valence-corrected chi connectivity index (χ2v) is 6.92. The molecule has 2 heterocycles. The van der Waals surface area contributed by atoms with Crippen molar-refractivity contribution in [2.75, 3.05) is 11.9 Å². The van der Waals surface area contributed by atoms with Crippen LogP contribution in [0.2, 0.25) is 0 Å². The van der Waals surface area contributed by atoms with E-state index in [4.69, 9.17) is 4.42 Å². The summed E-state index contributed by atoms with van der Waals surface area (Å²) in [5.74, 6) is 0.869. The zero-order valence-corrected chi connectivity index (χ0v) is 13.6. The van der Waals surface area contributed by atoms with Crippen LogP contribution in [0.15, 0.2) is 27.2 Å². The molecule has 2 N–H and O–H groups in total. The lowest BCUT2D eigenvalue weighted by Gasteiger charge is -2.08. The van der Waals surface area contributed by atoms with Crippen molar-refractivity contribution in [1.29, 1.82) is 0 Å². The summed E-state index contributed by atoms with van der Waals surface area (Å²) in [7, 11) is 0. The lowest BCUT2D eigenvalue weighted by Crippen LogP contribution is -2.31. The van der Waals surface area contributed by atoms with Crippen LogP contribution in [-0.2, 0) is 11.3 Å². The molecule has 2 rings (SSSR count). The van der Waals surface area contributed by atoms with Gasteiger partial charge in [-0.1, -0.05) is 30.0 Å². The van der Waals surface area contributed by atoms with Crippen molar-refractivity contribution in [3.05, 3.63) is 24.2 Å². The van der Waals surface area contributed by atoms with Gasteiger partial charge in [-0.25, -0.2) is 0 Å². The van der Waals surface area contributed by atoms with Gasteiger partial charge in [-0.2, -0.15) is 0 Å². The van der Waals surface area contributed by atoms with Gasteiger partial charge < -0.3 is 15.1 Å². The monoisotopic (exact) mass is 326 g/mol. The van der Waals surface area contributed by atoms with E-state index in [1.165, 1.54) is 23.1 Å². The Labute approximate surface area is 131 Å². The number of furan rings is 1. The maximum atomic E-state index is 11.8. The average molecular weight is 326 g/mol. The summed E-state index contributed by atoms with van der Waals surface area (Å²) in [5.41, 5.74) is 0. The first-order valence-corrected chi connectivity index (χ1v) is 8.42. The van der Waals surface area contributed by atoms with Gasteiger partial charge in [0.2, 0.25) is 11.0 Å². The SMILES string of the molecule is CCCNC(=O)[C@H](C)Sc1nnc(NCc2ccco2)s1. The molecule has 0 bridgehead atoms. The molecule has 0 aliphatic heterocycles. The van der Waals surface area contributed by atoms with Crippen LogP contribution in [0.3, 0.4) is 0 Å². The zero-order valence-electron chi connectivity index (χ0n) is 12.0. The fourth-order valence-corrected chi connectivity index (χ4v) is 3.42. The lowest BCUT2D eigenvalue weighted by molar-refractivity contribution is -0.120. The molecule has 0 aliphatic rings. The standard InChI is InChI=1S/C13H18N4O2S2/c1-3-6-14-11(18)9(2)20-13-17-16-12(21-13)15-8-10-5-4-7-19-10/h4-5,7,9H,3,6,8H2,1-2H3,(H,14,18)(H,15,16)/t9-/m0/s1. The second-order valence-electron chi connectivity index (χ2n) is 4.36. The molecule has 2 aromatic heterocycles. The molecular weight excluding hydrogens is 308 g/mol. The second kappa shape index (κ2) is 8.04. The lowest BCUT2D eigenvalue weighted by atomic mass is 10.4. The maximum absolute atomic E-state index is 11.8. The van der Waals surface area contributed by atoms with Gasteiger partial charge in [0.25, 0.3) is 0 Å². The average Bonchev–Trinajstić information content (AvgIpc) is 3.13. The van der Waals surface area contributed by atoms with Gasteiger partial charge in [-0.3, -0.25) is 4.79 Å². The number of nitrogens with zero attached hydrogens (tertiary/aromatic N) is 2. The van der Waals surface area contributed by atoms with Crippen LogP contribution >= 0.6 is 23.1 Å². The van der Waals surface area contributed by atoms with Gasteiger partial charge in [0.05, 0.1) is 18.1 Å². The van der Waals surface area contributed by atoms with E-state index in [-0.39, 0.29) is 11.2 Å². The normalized spacial score (nSPS) is 12.1. The summed E-state index contributed by atoms with van der Waals surface area (Å²) in [4.78, 5) is 11.8. The van der Waals surface area contributed by atoms with Crippen molar-refractivity contribution < 1.29 is 9.21 Å². The molecule has 0 aromatic carbocycles. The highest BCUT2D eigenvalue weighted by molar-refractivity contribution is 8.02. The molecule has 8 heteroatoms. The smallest absolute Gasteiger partial charge is 0.233 e. The van der Waals surface area contributed by atoms with Crippen LogP contribution in [0.25, 0.3) is 0 Å². The van der Waals surface area contributed by atoms with Crippen LogP contribution in [0.4, 0.5) is 5.13 Å². The number of anilines is 1. The Balaban J connectivity index is 1.80. The van der Waals surface area contributed by atoms with Crippen LogP contribution in [0.1, 0.15) is 26.0 Å². The van der Waals surface area contributed by atoms with E-state index in [1.54, 1.807) is 6.26 Å². The molecule has 6 nitrogen and oxygen atoms in total. The summed E-state index contributed by atoms with van der Waals surface area (Å²) >= 11 is 2.85. The van der Waals surface area contributed by atoms with E-state index in [0.717, 1.165) is 21.7 Å². The molecule has 2 aromatic rings. The molecule has 0 radical (unpaired) electrons. The summed E-state index contributed by atoms with van der Waals surface area (Å²) in [5, 5.41) is 14.7. The Morgan fingerprint density at radius 2 is 2.38 bits per heavy atom. The van der Waals surface area contributed by atoms with Gasteiger partial charge in [0.15, 0.2) is 4.34 Å². The quantitative estimate of drug-likeness (QED) is 0.726. The molecule has 0 unspecified atom stereocenters. The van der Waals surface area contributed by atoms with Crippen molar-refractivity contribution in [3.63, 3.8) is 0 Å². The fourth-order valence-electron chi connectivity index (χ4n) is 1.50. The van der Waals surface area contributed by atoms with Crippen molar-refractivity contribution in [1.82, 2.24) is 15.5 Å². The number of carbonyl (C=O) groups excluding carboxylic acids is 1. The molecule has 0 saturated carbocycles. The van der Waals surface area contributed by atoms with E-state index in [0.29, 0.717) is 13.1 Å². The highest BCUT2D eigenvalue weighted by atomic mass is 32.2.